The molecule has 23 heavy (non-hydrogen) atoms. The van der Waals surface area contributed by atoms with Crippen molar-refractivity contribution in [3.63, 3.8) is 0 Å². The van der Waals surface area contributed by atoms with Crippen molar-refractivity contribution in [2.24, 2.45) is 0 Å². The van der Waals surface area contributed by atoms with Crippen LogP contribution in [0.4, 0.5) is 4.39 Å². The molecule has 4 atom stereocenters. The number of nitrogens with zero attached hydrogens (tertiary/aromatic N) is 2. The molecule has 1 saturated carbocycles. The maximum atomic E-state index is 15.3. The van der Waals surface area contributed by atoms with E-state index < -0.39 is 13.2 Å². The van der Waals surface area contributed by atoms with Crippen LogP contribution in [-0.2, 0) is 6.54 Å². The minimum Gasteiger partial charge on any atom is -0.437 e. The summed E-state index contributed by atoms with van der Waals surface area (Å²) in [5.74, 6) is 0. The van der Waals surface area contributed by atoms with E-state index in [0.717, 1.165) is 25.8 Å². The summed E-state index contributed by atoms with van der Waals surface area (Å²) in [4.78, 5) is 4.44. The van der Waals surface area contributed by atoms with Crippen LogP contribution >= 0.6 is 0 Å². The van der Waals surface area contributed by atoms with Crippen LogP contribution in [0.3, 0.4) is 0 Å². The largest absolute Gasteiger partial charge is 0.437 e. The van der Waals surface area contributed by atoms with Crippen molar-refractivity contribution >= 4 is 7.05 Å². The maximum absolute atomic E-state index is 15.3. The molecular formula is C18H26BFN2O. The number of fused-ring (bicyclic) bond motifs is 2. The lowest BCUT2D eigenvalue weighted by Gasteiger charge is -2.46. The Balaban J connectivity index is 1.54. The highest BCUT2D eigenvalue weighted by Gasteiger charge is 2.52. The van der Waals surface area contributed by atoms with Crippen LogP contribution in [0, 0.1) is 0 Å². The lowest BCUT2D eigenvalue weighted by atomic mass is 9.77. The molecule has 1 aliphatic carbocycles. The van der Waals surface area contributed by atoms with Crippen LogP contribution in [0.2, 0.25) is 6.82 Å². The van der Waals surface area contributed by atoms with Crippen molar-refractivity contribution in [2.45, 2.75) is 75.8 Å². The molecule has 2 unspecified atom stereocenters. The second-order valence-corrected chi connectivity index (χ2v) is 7.51. The third kappa shape index (κ3) is 2.95. The third-order valence-corrected chi connectivity index (χ3v) is 5.93. The highest BCUT2D eigenvalue weighted by Crippen LogP contribution is 2.43. The van der Waals surface area contributed by atoms with Gasteiger partial charge in [0.25, 0.3) is 0 Å². The maximum Gasteiger partial charge on any atom is 0.376 e. The van der Waals surface area contributed by atoms with Crippen LogP contribution in [0.5, 0.6) is 0 Å². The molecule has 3 nitrogen and oxygen atoms in total. The summed E-state index contributed by atoms with van der Waals surface area (Å²) in [6, 6.07) is 11.2. The number of alkyl halides is 1. The molecule has 1 N–H and O–H groups in total. The predicted molar refractivity (Wildman–Crippen MR) is 90.8 cm³/mol. The summed E-state index contributed by atoms with van der Waals surface area (Å²) >= 11 is 0. The van der Waals surface area contributed by atoms with Crippen molar-refractivity contribution in [1.29, 1.82) is 0 Å². The minimum absolute atomic E-state index is 0.00945. The van der Waals surface area contributed by atoms with E-state index in [4.69, 9.17) is 0 Å². The average Bonchev–Trinajstić information content (AvgIpc) is 3.32. The Kier molecular flexibility index (Phi) is 4.20. The molecule has 2 aliphatic heterocycles. The molecule has 0 spiro atoms. The number of rotatable bonds is 5. The molecule has 1 aromatic rings. The summed E-state index contributed by atoms with van der Waals surface area (Å²) in [6.45, 7) is 2.63. The van der Waals surface area contributed by atoms with E-state index in [-0.39, 0.29) is 12.1 Å². The standard InChI is InChI=1S/C18H26BFN2O/c1-19(23)22-15-9-10-16(22)18(20)17(11-15)21(14-7-8-14)12-13-5-3-2-4-6-13/h2-6,14-18,23H,7-12H2,1H3/t15?,16?,17-,18+/m0/s1. The van der Waals surface area contributed by atoms with Crippen molar-refractivity contribution in [3.05, 3.63) is 35.9 Å². The van der Waals surface area contributed by atoms with Gasteiger partial charge in [-0.1, -0.05) is 30.3 Å². The summed E-state index contributed by atoms with van der Waals surface area (Å²) in [7, 11) is -0.532. The van der Waals surface area contributed by atoms with Gasteiger partial charge in [-0.15, -0.1) is 0 Å². The van der Waals surface area contributed by atoms with Gasteiger partial charge in [-0.3, -0.25) is 4.90 Å². The highest BCUT2D eigenvalue weighted by atomic mass is 19.1. The van der Waals surface area contributed by atoms with Crippen LogP contribution in [-0.4, -0.2) is 52.1 Å². The van der Waals surface area contributed by atoms with Gasteiger partial charge in [0.15, 0.2) is 0 Å². The Labute approximate surface area is 138 Å². The molecule has 124 valence electrons. The van der Waals surface area contributed by atoms with Crippen molar-refractivity contribution < 1.29 is 9.41 Å². The Morgan fingerprint density at radius 2 is 1.96 bits per heavy atom. The van der Waals surface area contributed by atoms with Crippen molar-refractivity contribution in [1.82, 2.24) is 9.71 Å². The van der Waals surface area contributed by atoms with Gasteiger partial charge in [0.2, 0.25) is 0 Å². The Bertz CT molecular complexity index is 539. The highest BCUT2D eigenvalue weighted by molar-refractivity contribution is 6.45. The van der Waals surface area contributed by atoms with E-state index in [0.29, 0.717) is 12.1 Å². The SMILES string of the molecule is CB(O)N1C2CCC1[C@@H](F)[C@@H](N(Cc1ccccc1)C1CC1)C2. The molecule has 1 aromatic carbocycles. The van der Waals surface area contributed by atoms with E-state index in [2.05, 4.69) is 29.2 Å². The van der Waals surface area contributed by atoms with Gasteiger partial charge in [-0.25, -0.2) is 4.39 Å². The molecular weight excluding hydrogens is 290 g/mol. The Morgan fingerprint density at radius 3 is 2.61 bits per heavy atom. The first-order valence-corrected chi connectivity index (χ1v) is 9.04. The molecule has 2 heterocycles. The second kappa shape index (κ2) is 6.19. The van der Waals surface area contributed by atoms with Crippen LogP contribution in [0.1, 0.15) is 37.7 Å². The number of piperidine rings is 1. The van der Waals surface area contributed by atoms with Gasteiger partial charge in [0, 0.05) is 30.7 Å². The first kappa shape index (κ1) is 15.6. The van der Waals surface area contributed by atoms with Crippen LogP contribution in [0.25, 0.3) is 0 Å². The first-order chi connectivity index (χ1) is 11.1. The van der Waals surface area contributed by atoms with Gasteiger partial charge in [-0.05, 0) is 44.5 Å². The van der Waals surface area contributed by atoms with E-state index >= 15 is 4.39 Å². The smallest absolute Gasteiger partial charge is 0.376 e. The molecule has 0 radical (unpaired) electrons. The molecule has 3 aliphatic rings. The van der Waals surface area contributed by atoms with E-state index in [1.807, 2.05) is 10.9 Å². The average molecular weight is 316 g/mol. The monoisotopic (exact) mass is 316 g/mol. The number of halogens is 1. The van der Waals surface area contributed by atoms with E-state index in [1.165, 1.54) is 18.4 Å². The lowest BCUT2D eigenvalue weighted by molar-refractivity contribution is 0.00884. The van der Waals surface area contributed by atoms with Gasteiger partial charge in [0.05, 0.1) is 0 Å². The molecule has 0 aromatic heterocycles. The van der Waals surface area contributed by atoms with E-state index in [1.54, 1.807) is 6.82 Å². The zero-order chi connectivity index (χ0) is 16.0. The summed E-state index contributed by atoms with van der Waals surface area (Å²) in [6.07, 6.45) is 4.31. The number of hydrogen-bond donors (Lipinski definition) is 1. The second-order valence-electron chi connectivity index (χ2n) is 7.51. The van der Waals surface area contributed by atoms with Crippen LogP contribution < -0.4 is 0 Å². The Hall–Kier alpha value is -0.905. The topological polar surface area (TPSA) is 26.7 Å². The number of benzene rings is 1. The molecule has 4 rings (SSSR count). The normalized spacial score (nSPS) is 34.1. The summed E-state index contributed by atoms with van der Waals surface area (Å²) < 4.78 is 15.3. The Morgan fingerprint density at radius 1 is 1.22 bits per heavy atom. The van der Waals surface area contributed by atoms with Crippen molar-refractivity contribution in [2.75, 3.05) is 0 Å². The van der Waals surface area contributed by atoms with Crippen LogP contribution in [0.15, 0.2) is 30.3 Å². The first-order valence-electron chi connectivity index (χ1n) is 9.04. The van der Waals surface area contributed by atoms with Gasteiger partial charge >= 0.3 is 7.05 Å². The minimum atomic E-state index is -0.854. The number of hydrogen-bond acceptors (Lipinski definition) is 3. The molecule has 5 heteroatoms. The van der Waals surface area contributed by atoms with Gasteiger partial charge < -0.3 is 9.83 Å². The van der Waals surface area contributed by atoms with Gasteiger partial charge in [0.1, 0.15) is 6.17 Å². The fourth-order valence-corrected chi connectivity index (χ4v) is 4.78. The summed E-state index contributed by atoms with van der Waals surface area (Å²) in [5.41, 5.74) is 1.27. The quantitative estimate of drug-likeness (QED) is 0.846. The fraction of sp³-hybridized carbons (Fsp3) is 0.667. The molecule has 3 fully saturated rings. The van der Waals surface area contributed by atoms with Crippen molar-refractivity contribution in [3.8, 4) is 0 Å². The lowest BCUT2D eigenvalue weighted by Crippen LogP contribution is -2.61. The molecule has 2 bridgehead atoms. The van der Waals surface area contributed by atoms with Gasteiger partial charge in [-0.2, -0.15) is 0 Å². The molecule has 2 saturated heterocycles. The third-order valence-electron chi connectivity index (χ3n) is 5.93. The van der Waals surface area contributed by atoms with E-state index in [9.17, 15) is 5.02 Å². The zero-order valence-electron chi connectivity index (χ0n) is 13.8. The molecule has 0 amide bonds. The predicted octanol–water partition coefficient (Wildman–Crippen LogP) is 2.70. The fourth-order valence-electron chi connectivity index (χ4n) is 4.78. The summed E-state index contributed by atoms with van der Waals surface area (Å²) in [5, 5.41) is 10.0. The zero-order valence-corrected chi connectivity index (χ0v) is 13.8.